The highest BCUT2D eigenvalue weighted by atomic mass is 15.2. The number of nitrogens with zero attached hydrogens (tertiary/aromatic N) is 4. The minimum Gasteiger partial charge on any atom is -0.371 e. The lowest BCUT2D eigenvalue weighted by atomic mass is 9.84. The zero-order chi connectivity index (χ0) is 30.3. The Kier molecular flexibility index (Phi) is 15.3. The Balaban J connectivity index is 0.000000774. The van der Waals surface area contributed by atoms with Crippen molar-refractivity contribution in [3.63, 3.8) is 0 Å². The molecule has 0 spiro atoms. The summed E-state index contributed by atoms with van der Waals surface area (Å²) in [7, 11) is 0. The van der Waals surface area contributed by atoms with Crippen molar-refractivity contribution in [3.05, 3.63) is 62.8 Å². The van der Waals surface area contributed by atoms with Crippen LogP contribution in [0.25, 0.3) is 12.2 Å². The Hall–Kier alpha value is -3.13. The van der Waals surface area contributed by atoms with Crippen molar-refractivity contribution in [2.45, 2.75) is 108 Å². The smallest absolute Gasteiger partial charge is 0.156 e. The molecule has 0 unspecified atom stereocenters. The number of nitriles is 1. The van der Waals surface area contributed by atoms with Crippen LogP contribution < -0.4 is 15.8 Å². The molecule has 0 saturated carbocycles. The molecule has 2 aromatic rings. The third kappa shape index (κ3) is 10.5. The fraction of sp³-hybridized carbons (Fsp3) is 0.571. The molecule has 0 radical (unpaired) electrons. The van der Waals surface area contributed by atoms with E-state index in [0.29, 0.717) is 17.5 Å². The molecule has 1 fully saturated rings. The van der Waals surface area contributed by atoms with Gasteiger partial charge in [-0.05, 0) is 61.8 Å². The van der Waals surface area contributed by atoms with Crippen LogP contribution in [-0.2, 0) is 6.54 Å². The average molecular weight is 546 g/mol. The van der Waals surface area contributed by atoms with Crippen LogP contribution in [0.2, 0.25) is 0 Å². The molecular formula is C35H55N5. The molecule has 1 aliphatic rings. The van der Waals surface area contributed by atoms with Crippen molar-refractivity contribution >= 4 is 18.0 Å². The predicted octanol–water partition coefficient (Wildman–Crippen LogP) is 7.65. The van der Waals surface area contributed by atoms with E-state index in [4.69, 9.17) is 0 Å². The Morgan fingerprint density at radius 1 is 1.07 bits per heavy atom. The second kappa shape index (κ2) is 17.5. The number of likely N-dealkylation sites (tertiary alicyclic amines) is 1. The van der Waals surface area contributed by atoms with E-state index in [1.54, 1.807) is 0 Å². The van der Waals surface area contributed by atoms with E-state index in [0.717, 1.165) is 58.5 Å². The number of allylic oxidation sites excluding steroid dienone is 2. The van der Waals surface area contributed by atoms with Gasteiger partial charge in [0.15, 0.2) is 5.82 Å². The van der Waals surface area contributed by atoms with Gasteiger partial charge in [-0.25, -0.2) is 0 Å². The van der Waals surface area contributed by atoms with Crippen molar-refractivity contribution in [1.29, 1.82) is 5.26 Å². The Morgan fingerprint density at radius 3 is 2.17 bits per heavy atom. The van der Waals surface area contributed by atoms with Gasteiger partial charge in [-0.2, -0.15) is 10.4 Å². The average Bonchev–Trinajstić information content (AvgIpc) is 2.92. The molecule has 0 atom stereocenters. The largest absolute Gasteiger partial charge is 0.371 e. The van der Waals surface area contributed by atoms with Crippen LogP contribution in [0.1, 0.15) is 110 Å². The van der Waals surface area contributed by atoms with Crippen molar-refractivity contribution < 1.29 is 0 Å². The number of aromatic nitrogens is 2. The SMILES string of the molecule is C/C=c1/c(C)nnc(NCc2cccc(C#N)c2C)/c1=C/C(=C/CC)N1CC(C)(C)C1.CCC.CCC(C)CC. The minimum atomic E-state index is 0.358. The molecule has 2 heterocycles. The maximum absolute atomic E-state index is 9.33. The van der Waals surface area contributed by atoms with Gasteiger partial charge in [0.25, 0.3) is 0 Å². The Bertz CT molecular complexity index is 1240. The highest BCUT2D eigenvalue weighted by Gasteiger charge is 2.34. The van der Waals surface area contributed by atoms with Crippen molar-refractivity contribution in [2.75, 3.05) is 18.4 Å². The van der Waals surface area contributed by atoms with Crippen molar-refractivity contribution in [1.82, 2.24) is 15.1 Å². The maximum Gasteiger partial charge on any atom is 0.156 e. The lowest BCUT2D eigenvalue weighted by molar-refractivity contribution is 0.0698. The second-order valence-electron chi connectivity index (χ2n) is 11.6. The summed E-state index contributed by atoms with van der Waals surface area (Å²) in [6, 6.07) is 8.09. The zero-order valence-electron chi connectivity index (χ0n) is 27.3. The van der Waals surface area contributed by atoms with Gasteiger partial charge >= 0.3 is 0 Å². The van der Waals surface area contributed by atoms with Crippen LogP contribution in [0.4, 0.5) is 5.82 Å². The Labute approximate surface area is 245 Å². The lowest BCUT2D eigenvalue weighted by Crippen LogP contribution is -2.52. The van der Waals surface area contributed by atoms with Gasteiger partial charge in [-0.15, -0.1) is 5.10 Å². The fourth-order valence-corrected chi connectivity index (χ4v) is 4.47. The molecule has 0 bridgehead atoms. The summed E-state index contributed by atoms with van der Waals surface area (Å²) in [4.78, 5) is 2.43. The summed E-state index contributed by atoms with van der Waals surface area (Å²) < 4.78 is 0. The van der Waals surface area contributed by atoms with Crippen molar-refractivity contribution in [2.24, 2.45) is 11.3 Å². The summed E-state index contributed by atoms with van der Waals surface area (Å²) in [5, 5.41) is 23.9. The van der Waals surface area contributed by atoms with E-state index in [1.165, 1.54) is 25.0 Å². The summed E-state index contributed by atoms with van der Waals surface area (Å²) >= 11 is 0. The first-order valence-electron chi connectivity index (χ1n) is 15.2. The summed E-state index contributed by atoms with van der Waals surface area (Å²) in [6.07, 6.45) is 11.5. The van der Waals surface area contributed by atoms with E-state index in [9.17, 15) is 5.26 Å². The maximum atomic E-state index is 9.33. The number of benzene rings is 1. The summed E-state index contributed by atoms with van der Waals surface area (Å²) in [5.41, 5.74) is 5.31. The minimum absolute atomic E-state index is 0.358. The highest BCUT2D eigenvalue weighted by molar-refractivity contribution is 5.55. The summed E-state index contributed by atoms with van der Waals surface area (Å²) in [5.74, 6) is 1.70. The molecule has 5 nitrogen and oxygen atoms in total. The molecule has 1 saturated heterocycles. The van der Waals surface area contributed by atoms with Gasteiger partial charge in [0.1, 0.15) is 0 Å². The van der Waals surface area contributed by atoms with Crippen LogP contribution in [0.15, 0.2) is 30.0 Å². The lowest BCUT2D eigenvalue weighted by Gasteiger charge is -2.48. The van der Waals surface area contributed by atoms with E-state index in [-0.39, 0.29) is 0 Å². The van der Waals surface area contributed by atoms with E-state index >= 15 is 0 Å². The molecule has 1 aliphatic heterocycles. The predicted molar refractivity (Wildman–Crippen MR) is 173 cm³/mol. The number of anilines is 1. The van der Waals surface area contributed by atoms with E-state index in [2.05, 4.69) is 100 Å². The number of hydrogen-bond donors (Lipinski definition) is 1. The zero-order valence-corrected chi connectivity index (χ0v) is 27.3. The molecule has 0 aliphatic carbocycles. The van der Waals surface area contributed by atoms with Crippen LogP contribution >= 0.6 is 0 Å². The van der Waals surface area contributed by atoms with E-state index < -0.39 is 0 Å². The first-order chi connectivity index (χ1) is 19.0. The van der Waals surface area contributed by atoms with Gasteiger partial charge in [0.05, 0.1) is 17.3 Å². The van der Waals surface area contributed by atoms with Gasteiger partial charge in [-0.3, -0.25) is 0 Å². The summed E-state index contributed by atoms with van der Waals surface area (Å²) in [6.45, 7) is 26.5. The molecule has 3 rings (SSSR count). The first kappa shape index (κ1) is 34.9. The van der Waals surface area contributed by atoms with Gasteiger partial charge in [0.2, 0.25) is 0 Å². The normalized spacial score (nSPS) is 15.0. The third-order valence-corrected chi connectivity index (χ3v) is 7.24. The van der Waals surface area contributed by atoms with Crippen LogP contribution in [0.5, 0.6) is 0 Å². The van der Waals surface area contributed by atoms with Crippen LogP contribution in [0.3, 0.4) is 0 Å². The molecule has 5 heteroatoms. The second-order valence-corrected chi connectivity index (χ2v) is 11.6. The number of nitrogens with one attached hydrogen (secondary N) is 1. The molecule has 1 N–H and O–H groups in total. The first-order valence-corrected chi connectivity index (χ1v) is 15.2. The molecule has 220 valence electrons. The highest BCUT2D eigenvalue weighted by Crippen LogP contribution is 2.32. The van der Waals surface area contributed by atoms with Crippen LogP contribution in [-0.4, -0.2) is 28.2 Å². The number of hydrogen-bond acceptors (Lipinski definition) is 5. The Morgan fingerprint density at radius 2 is 1.70 bits per heavy atom. The quantitative estimate of drug-likeness (QED) is 0.369. The fourth-order valence-electron chi connectivity index (χ4n) is 4.47. The van der Waals surface area contributed by atoms with Crippen molar-refractivity contribution in [3.8, 4) is 6.07 Å². The van der Waals surface area contributed by atoms with Crippen LogP contribution in [0, 0.1) is 36.5 Å². The molecule has 1 aromatic carbocycles. The molecular weight excluding hydrogens is 490 g/mol. The van der Waals surface area contributed by atoms with Gasteiger partial charge in [0, 0.05) is 35.8 Å². The molecule has 1 aromatic heterocycles. The van der Waals surface area contributed by atoms with Gasteiger partial charge < -0.3 is 10.2 Å². The molecule has 40 heavy (non-hydrogen) atoms. The number of rotatable bonds is 8. The number of aryl methyl sites for hydroxylation is 1. The van der Waals surface area contributed by atoms with E-state index in [1.807, 2.05) is 39.0 Å². The third-order valence-electron chi connectivity index (χ3n) is 7.24. The topological polar surface area (TPSA) is 64.8 Å². The molecule has 0 amide bonds. The monoisotopic (exact) mass is 545 g/mol. The standard InChI is InChI=1S/C26H33N5.C6H14.C3H8/c1-7-10-22(31-16-26(5,6)17-31)13-24-23(8-2)19(4)29-30-25(24)28-15-21-12-9-11-20(14-27)18(21)3;1-4-6(3)5-2;1-3-2/h8-13H,7,15-17H2,1-6H3,(H,28,30);6H,4-5H2,1-3H3;3H2,1-2H3/b22-10-,23-8-,24-13+;;. The van der Waals surface area contributed by atoms with Gasteiger partial charge in [-0.1, -0.05) is 98.9 Å².